The maximum atomic E-state index is 4.27. The molecule has 1 aliphatic rings. The molecule has 4 heteroatoms. The van der Waals surface area contributed by atoms with E-state index in [0.717, 1.165) is 19.6 Å². The first kappa shape index (κ1) is 12.6. The van der Waals surface area contributed by atoms with Crippen LogP contribution in [0.3, 0.4) is 0 Å². The Bertz CT molecular complexity index is 315. The molecule has 0 spiro atoms. The van der Waals surface area contributed by atoms with Crippen molar-refractivity contribution in [3.05, 3.63) is 18.0 Å². The molecule has 2 rings (SSSR count). The Kier molecular flexibility index (Phi) is 5.01. The largest absolute Gasteiger partial charge is 0.310 e. The highest BCUT2D eigenvalue weighted by Crippen LogP contribution is 2.07. The van der Waals surface area contributed by atoms with Gasteiger partial charge < -0.3 is 10.2 Å². The van der Waals surface area contributed by atoms with E-state index in [1.165, 1.54) is 44.6 Å². The van der Waals surface area contributed by atoms with Crippen molar-refractivity contribution in [2.24, 2.45) is 0 Å². The van der Waals surface area contributed by atoms with Crippen LogP contribution >= 0.6 is 0 Å². The van der Waals surface area contributed by atoms with Gasteiger partial charge in [-0.15, -0.1) is 0 Å². The summed E-state index contributed by atoms with van der Waals surface area (Å²) in [5.41, 5.74) is 1.28. The predicted octanol–water partition coefficient (Wildman–Crippen LogP) is 1.48. The Balaban J connectivity index is 1.62. The van der Waals surface area contributed by atoms with Gasteiger partial charge in [0.1, 0.15) is 0 Å². The summed E-state index contributed by atoms with van der Waals surface area (Å²) >= 11 is 0. The number of likely N-dealkylation sites (tertiary alicyclic amines) is 1. The lowest BCUT2D eigenvalue weighted by atomic mass is 10.1. The quantitative estimate of drug-likeness (QED) is 0.760. The molecule has 0 aromatic carbocycles. The Morgan fingerprint density at radius 1 is 1.29 bits per heavy atom. The summed E-state index contributed by atoms with van der Waals surface area (Å²) < 4.78 is 2.05. The molecular formula is C13H24N4. The SMILES string of the molecule is CCn1nccc1CNCCN1CCCCC1. The summed E-state index contributed by atoms with van der Waals surface area (Å²) in [4.78, 5) is 2.56. The van der Waals surface area contributed by atoms with E-state index in [2.05, 4.69) is 28.3 Å². The Labute approximate surface area is 104 Å². The van der Waals surface area contributed by atoms with Gasteiger partial charge in [0.2, 0.25) is 0 Å². The van der Waals surface area contributed by atoms with E-state index in [1.54, 1.807) is 0 Å². The minimum atomic E-state index is 0.932. The van der Waals surface area contributed by atoms with Crippen molar-refractivity contribution in [2.45, 2.75) is 39.3 Å². The van der Waals surface area contributed by atoms with Gasteiger partial charge in [-0.1, -0.05) is 6.42 Å². The smallest absolute Gasteiger partial charge is 0.0521 e. The van der Waals surface area contributed by atoms with Crippen molar-refractivity contribution in [1.29, 1.82) is 0 Å². The van der Waals surface area contributed by atoms with E-state index in [9.17, 15) is 0 Å². The molecule has 2 heterocycles. The molecule has 0 atom stereocenters. The van der Waals surface area contributed by atoms with Crippen molar-refractivity contribution >= 4 is 0 Å². The van der Waals surface area contributed by atoms with Crippen molar-refractivity contribution < 1.29 is 0 Å². The van der Waals surface area contributed by atoms with Crippen LogP contribution in [-0.4, -0.2) is 40.9 Å². The number of piperidine rings is 1. The third-order valence-corrected chi connectivity index (χ3v) is 3.46. The second kappa shape index (κ2) is 6.77. The number of aromatic nitrogens is 2. The van der Waals surface area contributed by atoms with E-state index in [4.69, 9.17) is 0 Å². The molecule has 0 amide bonds. The number of hydrogen-bond donors (Lipinski definition) is 1. The standard InChI is InChI=1S/C13H24N4/c1-2-17-13(6-7-15-17)12-14-8-11-16-9-4-3-5-10-16/h6-7,14H,2-5,8-12H2,1H3. The Morgan fingerprint density at radius 2 is 2.12 bits per heavy atom. The van der Waals surface area contributed by atoms with Crippen LogP contribution in [0.4, 0.5) is 0 Å². The molecule has 0 aliphatic carbocycles. The van der Waals surface area contributed by atoms with Gasteiger partial charge in [-0.3, -0.25) is 4.68 Å². The van der Waals surface area contributed by atoms with E-state index < -0.39 is 0 Å². The van der Waals surface area contributed by atoms with Crippen molar-refractivity contribution in [3.63, 3.8) is 0 Å². The third kappa shape index (κ3) is 3.82. The van der Waals surface area contributed by atoms with Crippen LogP contribution in [0.1, 0.15) is 31.9 Å². The lowest BCUT2D eigenvalue weighted by molar-refractivity contribution is 0.228. The number of nitrogens with one attached hydrogen (secondary N) is 1. The van der Waals surface area contributed by atoms with Gasteiger partial charge in [0.05, 0.1) is 5.69 Å². The summed E-state index contributed by atoms with van der Waals surface area (Å²) in [7, 11) is 0. The zero-order valence-corrected chi connectivity index (χ0v) is 10.9. The fraction of sp³-hybridized carbons (Fsp3) is 0.769. The maximum absolute atomic E-state index is 4.27. The van der Waals surface area contributed by atoms with E-state index >= 15 is 0 Å². The lowest BCUT2D eigenvalue weighted by Gasteiger charge is -2.26. The highest BCUT2D eigenvalue weighted by atomic mass is 15.3. The number of rotatable bonds is 6. The molecule has 1 N–H and O–H groups in total. The molecule has 1 fully saturated rings. The summed E-state index contributed by atoms with van der Waals surface area (Å²) in [6.07, 6.45) is 6.05. The number of nitrogens with zero attached hydrogens (tertiary/aromatic N) is 3. The van der Waals surface area contributed by atoms with Crippen LogP contribution in [-0.2, 0) is 13.1 Å². The second-order valence-corrected chi connectivity index (χ2v) is 4.72. The summed E-state index contributed by atoms with van der Waals surface area (Å²) in [5, 5.41) is 7.78. The molecule has 1 aliphatic heterocycles. The fourth-order valence-corrected chi connectivity index (χ4v) is 2.43. The molecule has 0 bridgehead atoms. The van der Waals surface area contributed by atoms with Gasteiger partial charge in [0.15, 0.2) is 0 Å². The minimum absolute atomic E-state index is 0.932. The Hall–Kier alpha value is -0.870. The molecule has 4 nitrogen and oxygen atoms in total. The zero-order valence-electron chi connectivity index (χ0n) is 10.9. The first-order valence-electron chi connectivity index (χ1n) is 6.84. The molecule has 1 aromatic heterocycles. The normalized spacial score (nSPS) is 17.5. The molecule has 1 aromatic rings. The predicted molar refractivity (Wildman–Crippen MR) is 69.9 cm³/mol. The highest BCUT2D eigenvalue weighted by Gasteiger charge is 2.08. The zero-order chi connectivity index (χ0) is 11.9. The van der Waals surface area contributed by atoms with Gasteiger partial charge in [0, 0.05) is 32.4 Å². The first-order valence-corrected chi connectivity index (χ1v) is 6.84. The van der Waals surface area contributed by atoms with Gasteiger partial charge in [-0.05, 0) is 38.9 Å². The topological polar surface area (TPSA) is 33.1 Å². The van der Waals surface area contributed by atoms with Crippen LogP contribution < -0.4 is 5.32 Å². The first-order chi connectivity index (χ1) is 8.40. The highest BCUT2D eigenvalue weighted by molar-refractivity contribution is 4.99. The van der Waals surface area contributed by atoms with Crippen LogP contribution in [0.25, 0.3) is 0 Å². The van der Waals surface area contributed by atoms with Gasteiger partial charge in [-0.2, -0.15) is 5.10 Å². The molecule has 1 saturated heterocycles. The van der Waals surface area contributed by atoms with Crippen LogP contribution in [0.5, 0.6) is 0 Å². The van der Waals surface area contributed by atoms with Crippen LogP contribution in [0.2, 0.25) is 0 Å². The average molecular weight is 236 g/mol. The monoisotopic (exact) mass is 236 g/mol. The Morgan fingerprint density at radius 3 is 2.88 bits per heavy atom. The van der Waals surface area contributed by atoms with Gasteiger partial charge in [0.25, 0.3) is 0 Å². The number of hydrogen-bond acceptors (Lipinski definition) is 3. The summed E-state index contributed by atoms with van der Waals surface area (Å²) in [6, 6.07) is 2.09. The van der Waals surface area contributed by atoms with E-state index in [0.29, 0.717) is 0 Å². The molecule has 0 saturated carbocycles. The minimum Gasteiger partial charge on any atom is -0.310 e. The molecule has 0 unspecified atom stereocenters. The third-order valence-electron chi connectivity index (χ3n) is 3.46. The molecule has 17 heavy (non-hydrogen) atoms. The second-order valence-electron chi connectivity index (χ2n) is 4.72. The summed E-state index contributed by atoms with van der Waals surface area (Å²) in [5.74, 6) is 0. The van der Waals surface area contributed by atoms with Crippen LogP contribution in [0.15, 0.2) is 12.3 Å². The molecular weight excluding hydrogens is 212 g/mol. The molecule has 96 valence electrons. The lowest BCUT2D eigenvalue weighted by Crippen LogP contribution is -2.35. The maximum Gasteiger partial charge on any atom is 0.0521 e. The van der Waals surface area contributed by atoms with Crippen molar-refractivity contribution in [2.75, 3.05) is 26.2 Å². The van der Waals surface area contributed by atoms with Gasteiger partial charge in [-0.25, -0.2) is 0 Å². The van der Waals surface area contributed by atoms with Gasteiger partial charge >= 0.3 is 0 Å². The van der Waals surface area contributed by atoms with E-state index in [1.807, 2.05) is 10.9 Å². The van der Waals surface area contributed by atoms with Crippen molar-refractivity contribution in [3.8, 4) is 0 Å². The average Bonchev–Trinajstić information content (AvgIpc) is 2.83. The van der Waals surface area contributed by atoms with Crippen molar-refractivity contribution in [1.82, 2.24) is 20.0 Å². The molecule has 0 radical (unpaired) electrons. The van der Waals surface area contributed by atoms with E-state index in [-0.39, 0.29) is 0 Å². The van der Waals surface area contributed by atoms with Crippen LogP contribution in [0, 0.1) is 0 Å². The fourth-order valence-electron chi connectivity index (χ4n) is 2.43. The summed E-state index contributed by atoms with van der Waals surface area (Å²) in [6.45, 7) is 8.85. The number of aryl methyl sites for hydroxylation is 1.